The molecule has 3 N–H and O–H groups in total. The normalized spacial score (nSPS) is 22.6. The molecule has 4 aromatic heterocycles. The van der Waals surface area contributed by atoms with Gasteiger partial charge in [-0.05, 0) is 180 Å². The second-order valence-electron chi connectivity index (χ2n) is 24.0. The highest BCUT2D eigenvalue weighted by Gasteiger charge is 2.48. The third kappa shape index (κ3) is 13.5. The molecule has 6 fully saturated rings. The maximum Gasteiger partial charge on any atom is 0.338 e. The molecule has 0 saturated heterocycles. The molecule has 6 aliphatic rings. The lowest BCUT2D eigenvalue weighted by Crippen LogP contribution is -2.33. The molecule has 0 aliphatic heterocycles. The van der Waals surface area contributed by atoms with Crippen LogP contribution in [0, 0.1) is 23.7 Å². The molecule has 0 spiro atoms. The molecule has 4 bridgehead atoms. The highest BCUT2D eigenvalue weighted by molar-refractivity contribution is 9.11. The van der Waals surface area contributed by atoms with Gasteiger partial charge in [-0.15, -0.1) is 11.3 Å². The van der Waals surface area contributed by atoms with Crippen LogP contribution in [0.5, 0.6) is 11.5 Å². The second kappa shape index (κ2) is 26.4. The number of halogens is 5. The van der Waals surface area contributed by atoms with E-state index < -0.39 is 5.97 Å². The van der Waals surface area contributed by atoms with E-state index in [2.05, 4.69) is 36.5 Å². The van der Waals surface area contributed by atoms with Gasteiger partial charge in [0.1, 0.15) is 45.4 Å². The van der Waals surface area contributed by atoms with Crippen LogP contribution in [0.2, 0.25) is 20.1 Å². The fourth-order valence-corrected chi connectivity index (χ4v) is 16.5. The molecule has 4 aromatic carbocycles. The summed E-state index contributed by atoms with van der Waals surface area (Å²) in [5.74, 6) is 5.26. The summed E-state index contributed by atoms with van der Waals surface area (Å²) < 4.78 is 48.4. The number of hydrogen-bond acceptors (Lipinski definition) is 18. The molecule has 6 saturated carbocycles. The van der Waals surface area contributed by atoms with Gasteiger partial charge in [0.25, 0.3) is 0 Å². The highest BCUT2D eigenvalue weighted by Crippen LogP contribution is 2.52. The number of thiazole rings is 2. The van der Waals surface area contributed by atoms with Crippen LogP contribution in [0.1, 0.15) is 147 Å². The molecule has 16 nitrogen and oxygen atoms in total. The first kappa shape index (κ1) is 62.1. The number of rotatable bonds is 18. The number of esters is 2. The van der Waals surface area contributed by atoms with Gasteiger partial charge in [-0.1, -0.05) is 80.2 Å². The van der Waals surface area contributed by atoms with Crippen LogP contribution in [0.4, 0.5) is 5.13 Å². The Morgan fingerprint density at radius 1 is 0.632 bits per heavy atom. The predicted octanol–water partition coefficient (Wildman–Crippen LogP) is 17.3. The number of anilines is 1. The maximum atomic E-state index is 12.3. The van der Waals surface area contributed by atoms with E-state index in [9.17, 15) is 9.59 Å². The summed E-state index contributed by atoms with van der Waals surface area (Å²) in [5.41, 5.74) is 13.4. The summed E-state index contributed by atoms with van der Waals surface area (Å²) in [6, 6.07) is 18.6. The number of nitrogens with zero attached hydrogens (tertiary/aromatic N) is 4. The van der Waals surface area contributed by atoms with Gasteiger partial charge in [0.05, 0.1) is 92.5 Å². The zero-order valence-corrected chi connectivity index (χ0v) is 55.1. The molecule has 4 heterocycles. The van der Waals surface area contributed by atoms with Gasteiger partial charge in [0.15, 0.2) is 9.05 Å². The quantitative estimate of drug-likeness (QED) is 0.0766. The lowest BCUT2D eigenvalue weighted by atomic mass is 9.93. The minimum absolute atomic E-state index is 0.0153. The van der Waals surface area contributed by atoms with Crippen LogP contribution in [0.15, 0.2) is 73.6 Å². The Bertz CT molecular complexity index is 3800. The van der Waals surface area contributed by atoms with Gasteiger partial charge in [0.2, 0.25) is 0 Å². The summed E-state index contributed by atoms with van der Waals surface area (Å²) in [5, 5.41) is 15.5. The smallest absolute Gasteiger partial charge is 0.338 e. The number of nitrogens with one attached hydrogen (secondary N) is 1. The van der Waals surface area contributed by atoms with E-state index in [-0.39, 0.29) is 30.4 Å². The molecule has 8 atom stereocenters. The van der Waals surface area contributed by atoms with Crippen molar-refractivity contribution in [3.63, 3.8) is 0 Å². The third-order valence-corrected chi connectivity index (χ3v) is 20.9. The molecule has 460 valence electrons. The molecular formula is C64H67BrCl4N6O10S2. The van der Waals surface area contributed by atoms with Crippen LogP contribution in [-0.4, -0.2) is 82.9 Å². The van der Waals surface area contributed by atoms with Gasteiger partial charge >= 0.3 is 11.9 Å². The van der Waals surface area contributed by atoms with Gasteiger partial charge < -0.3 is 48.5 Å². The van der Waals surface area contributed by atoms with Crippen molar-refractivity contribution in [3.05, 3.63) is 118 Å². The minimum Gasteiger partial charge on any atom is -0.489 e. The number of carbonyl (C=O) groups excluding carboxylic acids is 2. The SMILES string of the molecule is COC(=O)c1cc(OC(C)C)c2nc(Br)sc2c1.COC(=O)c1cc(OC(C)C)c2nc(N[C@H]3C[C@@H]4C[C@H]3C[C@@H]4OCc3c(-c4c(Cl)cccc4Cl)noc3C3CC3)sc2c1.N[C@H]1C[C@@H]2C[C@H]1C[C@@H]2OCc1c(-c2c(Cl)cccc2Cl)noc1C1CC1. The molecule has 23 heteroatoms. The summed E-state index contributed by atoms with van der Waals surface area (Å²) in [6.07, 6.45) is 11.4. The third-order valence-electron chi connectivity index (χ3n) is 17.2. The van der Waals surface area contributed by atoms with Crippen LogP contribution in [0.3, 0.4) is 0 Å². The molecule has 0 radical (unpaired) electrons. The van der Waals surface area contributed by atoms with Crippen molar-refractivity contribution in [1.82, 2.24) is 20.3 Å². The van der Waals surface area contributed by atoms with Gasteiger partial charge in [-0.3, -0.25) is 0 Å². The van der Waals surface area contributed by atoms with Gasteiger partial charge in [-0.25, -0.2) is 19.6 Å². The zero-order chi connectivity index (χ0) is 60.9. The molecular weight excluding hydrogens is 1300 g/mol. The number of nitrogens with two attached hydrogens (primary N) is 1. The Morgan fingerprint density at radius 2 is 1.09 bits per heavy atom. The number of carbonyl (C=O) groups is 2. The van der Waals surface area contributed by atoms with Crippen LogP contribution in [0.25, 0.3) is 42.9 Å². The fourth-order valence-electron chi connectivity index (χ4n) is 12.9. The lowest BCUT2D eigenvalue weighted by molar-refractivity contribution is 0.00222. The summed E-state index contributed by atoms with van der Waals surface area (Å²) in [4.78, 5) is 33.1. The predicted molar refractivity (Wildman–Crippen MR) is 343 cm³/mol. The summed E-state index contributed by atoms with van der Waals surface area (Å²) in [6.45, 7) is 8.69. The Balaban J connectivity index is 0.000000142. The van der Waals surface area contributed by atoms with Crippen LogP contribution < -0.4 is 20.5 Å². The second-order valence-corrected chi connectivity index (χ2v) is 29.0. The monoisotopic (exact) mass is 1360 g/mol. The topological polar surface area (TPSA) is 205 Å². The number of fused-ring (bicyclic) bond motifs is 6. The molecule has 0 unspecified atom stereocenters. The van der Waals surface area contributed by atoms with E-state index in [0.29, 0.717) is 115 Å². The Hall–Kier alpha value is -5.06. The van der Waals surface area contributed by atoms with E-state index in [0.717, 1.165) is 121 Å². The van der Waals surface area contributed by atoms with Crippen molar-refractivity contribution >= 4 is 123 Å². The Kier molecular flexibility index (Phi) is 18.9. The summed E-state index contributed by atoms with van der Waals surface area (Å²) in [7, 11) is 2.74. The first-order valence-corrected chi connectivity index (χ1v) is 33.5. The number of methoxy groups -OCH3 is 2. The van der Waals surface area contributed by atoms with Crippen LogP contribution >= 0.6 is 85.0 Å². The maximum absolute atomic E-state index is 12.3. The van der Waals surface area contributed by atoms with E-state index in [1.54, 1.807) is 18.2 Å². The van der Waals surface area contributed by atoms with Crippen molar-refractivity contribution in [1.29, 1.82) is 0 Å². The first-order valence-electron chi connectivity index (χ1n) is 29.6. The van der Waals surface area contributed by atoms with Gasteiger partial charge in [-0.2, -0.15) is 0 Å². The van der Waals surface area contributed by atoms with E-state index in [4.69, 9.17) is 94.6 Å². The largest absolute Gasteiger partial charge is 0.489 e. The average molecular weight is 1370 g/mol. The van der Waals surface area contributed by atoms with E-state index in [1.807, 2.05) is 70.2 Å². The standard InChI is InChI=1S/C32H33Cl2N3O5S.C20H22Cl2N2O2.C12H12BrNO3S/c1-15(2)41-25-12-19(31(38)39-3)13-26-29(25)36-32(43-26)35-23-10-18-9-17(23)11-24(18)40-14-20-28(37-42-30(20)16-7-8-16)27-21(33)5-4-6-22(27)34;21-14-2-1-3-15(22)18(14)19-13(20(26-24-19)10-4-5-10)9-25-17-8-11-6-12(17)7-16(11)23;1-6(2)17-8-4-7(11(15)16-3)5-9-10(8)14-12(13)18-9/h4-6,12-13,15-18,23-24H,7-11,14H2,1-3H3,(H,35,36);1-3,10-12,16-17H,4-9,23H2;4-6H,1-3H3/t17-,18-,23-,24-;11-,12-,16-,17-;/m00./s1. The minimum atomic E-state index is -0.393. The molecule has 8 aromatic rings. The van der Waals surface area contributed by atoms with Crippen molar-refractivity contribution in [2.45, 2.75) is 153 Å². The number of aromatic nitrogens is 4. The lowest BCUT2D eigenvalue weighted by Gasteiger charge is -2.28. The number of benzene rings is 4. The molecule has 87 heavy (non-hydrogen) atoms. The number of ether oxygens (including phenoxy) is 6. The van der Waals surface area contributed by atoms with Crippen molar-refractivity contribution < 1.29 is 47.1 Å². The van der Waals surface area contributed by atoms with E-state index >= 15 is 0 Å². The Labute approximate surface area is 540 Å². The molecule has 6 aliphatic carbocycles. The van der Waals surface area contributed by atoms with Gasteiger partial charge in [0, 0.05) is 46.2 Å². The van der Waals surface area contributed by atoms with E-state index in [1.165, 1.54) is 43.3 Å². The average Bonchev–Trinajstić information content (AvgIpc) is 2.12. The zero-order valence-electron chi connectivity index (χ0n) is 48.8. The molecule has 14 rings (SSSR count). The fraction of sp³-hybridized carbons (Fsp3) is 0.469. The van der Waals surface area contributed by atoms with Crippen molar-refractivity contribution in [2.24, 2.45) is 29.4 Å². The first-order chi connectivity index (χ1) is 41.9. The highest BCUT2D eigenvalue weighted by atomic mass is 79.9. The van der Waals surface area contributed by atoms with Crippen molar-refractivity contribution in [3.8, 4) is 34.0 Å². The Morgan fingerprint density at radius 3 is 1.52 bits per heavy atom. The van der Waals surface area contributed by atoms with Crippen molar-refractivity contribution in [2.75, 3.05) is 19.5 Å². The summed E-state index contributed by atoms with van der Waals surface area (Å²) >= 11 is 32.2. The number of hydrogen-bond donors (Lipinski definition) is 2. The molecule has 0 amide bonds. The van der Waals surface area contributed by atoms with Crippen LogP contribution in [-0.2, 0) is 32.2 Å².